The summed E-state index contributed by atoms with van der Waals surface area (Å²) in [6.07, 6.45) is 1.53. The third-order valence-electron chi connectivity index (χ3n) is 1.74. The molecular formula is C10H7BrClN3O. The van der Waals surface area contributed by atoms with E-state index in [-0.39, 0.29) is 5.95 Å². The molecule has 1 heterocycles. The van der Waals surface area contributed by atoms with Crippen LogP contribution in [0, 0.1) is 0 Å². The molecule has 0 bridgehead atoms. The van der Waals surface area contributed by atoms with Gasteiger partial charge in [0, 0.05) is 5.02 Å². The van der Waals surface area contributed by atoms with Crippen molar-refractivity contribution in [1.82, 2.24) is 9.97 Å². The van der Waals surface area contributed by atoms with Gasteiger partial charge in [-0.25, -0.2) is 4.98 Å². The molecule has 0 atom stereocenters. The highest BCUT2D eigenvalue weighted by atomic mass is 79.9. The van der Waals surface area contributed by atoms with Crippen LogP contribution >= 0.6 is 27.5 Å². The van der Waals surface area contributed by atoms with E-state index in [1.54, 1.807) is 24.3 Å². The fraction of sp³-hybridized carbons (Fsp3) is 0. The first-order valence-corrected chi connectivity index (χ1v) is 5.53. The Morgan fingerprint density at radius 2 is 2.19 bits per heavy atom. The van der Waals surface area contributed by atoms with Crippen LogP contribution in [0.4, 0.5) is 5.95 Å². The molecule has 0 aliphatic carbocycles. The molecule has 1 aromatic carbocycles. The van der Waals surface area contributed by atoms with Gasteiger partial charge < -0.3 is 10.5 Å². The maximum atomic E-state index is 5.83. The Morgan fingerprint density at radius 1 is 1.38 bits per heavy atom. The molecule has 0 radical (unpaired) electrons. The van der Waals surface area contributed by atoms with E-state index in [0.717, 1.165) is 0 Å². The number of nitrogens with two attached hydrogens (primary N) is 1. The van der Waals surface area contributed by atoms with E-state index in [2.05, 4.69) is 25.9 Å². The second-order valence-electron chi connectivity index (χ2n) is 2.94. The Bertz CT molecular complexity index is 521. The molecule has 0 spiro atoms. The molecule has 2 rings (SSSR count). The lowest BCUT2D eigenvalue weighted by molar-refractivity contribution is 0.459. The molecule has 0 fully saturated rings. The second kappa shape index (κ2) is 4.67. The van der Waals surface area contributed by atoms with Gasteiger partial charge in [-0.1, -0.05) is 17.7 Å². The van der Waals surface area contributed by atoms with Crippen LogP contribution < -0.4 is 10.5 Å². The highest BCUT2D eigenvalue weighted by Gasteiger charge is 2.06. The van der Waals surface area contributed by atoms with Gasteiger partial charge in [0.1, 0.15) is 5.75 Å². The van der Waals surface area contributed by atoms with Crippen molar-refractivity contribution in [3.05, 3.63) is 40.0 Å². The Kier molecular flexibility index (Phi) is 3.26. The van der Waals surface area contributed by atoms with Crippen LogP contribution in [-0.2, 0) is 0 Å². The zero-order valence-corrected chi connectivity index (χ0v) is 10.4. The third kappa shape index (κ3) is 2.62. The van der Waals surface area contributed by atoms with Gasteiger partial charge in [-0.05, 0) is 34.1 Å². The van der Waals surface area contributed by atoms with Crippen molar-refractivity contribution in [2.45, 2.75) is 0 Å². The standard InChI is InChI=1S/C10H7BrClN3O/c11-8-5-14-10(13)15-9(8)16-7-3-1-2-6(12)4-7/h1-5H,(H2,13,14,15). The Labute approximate surface area is 106 Å². The zero-order valence-electron chi connectivity index (χ0n) is 8.02. The minimum Gasteiger partial charge on any atom is -0.438 e. The average Bonchev–Trinajstić information content (AvgIpc) is 2.24. The summed E-state index contributed by atoms with van der Waals surface area (Å²) in [6.45, 7) is 0. The number of anilines is 1. The number of aromatic nitrogens is 2. The van der Waals surface area contributed by atoms with Crippen LogP contribution in [0.5, 0.6) is 11.6 Å². The third-order valence-corrected chi connectivity index (χ3v) is 2.52. The van der Waals surface area contributed by atoms with Crippen LogP contribution in [0.15, 0.2) is 34.9 Å². The van der Waals surface area contributed by atoms with Crippen molar-refractivity contribution in [3.8, 4) is 11.6 Å². The first-order chi connectivity index (χ1) is 7.65. The van der Waals surface area contributed by atoms with Crippen LogP contribution in [0.25, 0.3) is 0 Å². The van der Waals surface area contributed by atoms with Gasteiger partial charge in [0.2, 0.25) is 11.8 Å². The summed E-state index contributed by atoms with van der Waals surface area (Å²) in [6, 6.07) is 7.01. The van der Waals surface area contributed by atoms with Crippen LogP contribution in [-0.4, -0.2) is 9.97 Å². The van der Waals surface area contributed by atoms with E-state index in [0.29, 0.717) is 21.1 Å². The van der Waals surface area contributed by atoms with Crippen molar-refractivity contribution >= 4 is 33.5 Å². The van der Waals surface area contributed by atoms with Crippen LogP contribution in [0.3, 0.4) is 0 Å². The van der Waals surface area contributed by atoms with Crippen molar-refractivity contribution in [1.29, 1.82) is 0 Å². The van der Waals surface area contributed by atoms with Gasteiger partial charge in [-0.15, -0.1) is 0 Å². The average molecular weight is 301 g/mol. The van der Waals surface area contributed by atoms with Gasteiger partial charge in [-0.3, -0.25) is 0 Å². The lowest BCUT2D eigenvalue weighted by Gasteiger charge is -2.06. The van der Waals surface area contributed by atoms with Gasteiger partial charge in [0.05, 0.1) is 10.7 Å². The first kappa shape index (κ1) is 11.2. The molecule has 0 saturated heterocycles. The maximum absolute atomic E-state index is 5.83. The van der Waals surface area contributed by atoms with Crippen molar-refractivity contribution < 1.29 is 4.74 Å². The molecule has 2 aromatic rings. The molecule has 0 saturated carbocycles. The van der Waals surface area contributed by atoms with Gasteiger partial charge in [-0.2, -0.15) is 4.98 Å². The molecule has 0 aliphatic rings. The minimum atomic E-state index is 0.153. The summed E-state index contributed by atoms with van der Waals surface area (Å²) in [5.74, 6) is 1.10. The first-order valence-electron chi connectivity index (χ1n) is 4.36. The molecule has 4 nitrogen and oxygen atoms in total. The summed E-state index contributed by atoms with van der Waals surface area (Å²) in [7, 11) is 0. The minimum absolute atomic E-state index is 0.153. The van der Waals surface area contributed by atoms with E-state index in [1.165, 1.54) is 6.20 Å². The molecule has 2 N–H and O–H groups in total. The van der Waals surface area contributed by atoms with E-state index in [1.807, 2.05) is 0 Å². The summed E-state index contributed by atoms with van der Waals surface area (Å²) in [5, 5.41) is 0.593. The monoisotopic (exact) mass is 299 g/mol. The predicted molar refractivity (Wildman–Crippen MR) is 65.7 cm³/mol. The zero-order chi connectivity index (χ0) is 11.5. The topological polar surface area (TPSA) is 61.0 Å². The molecule has 0 aliphatic heterocycles. The van der Waals surface area contributed by atoms with Crippen molar-refractivity contribution in [3.63, 3.8) is 0 Å². The highest BCUT2D eigenvalue weighted by molar-refractivity contribution is 9.10. The number of hydrogen-bond acceptors (Lipinski definition) is 4. The fourth-order valence-electron chi connectivity index (χ4n) is 1.08. The number of ether oxygens (including phenoxy) is 1. The molecule has 0 unspecified atom stereocenters. The van der Waals surface area contributed by atoms with Crippen LogP contribution in [0.1, 0.15) is 0 Å². The van der Waals surface area contributed by atoms with E-state index < -0.39 is 0 Å². The second-order valence-corrected chi connectivity index (χ2v) is 4.23. The Morgan fingerprint density at radius 3 is 2.94 bits per heavy atom. The lowest BCUT2D eigenvalue weighted by Crippen LogP contribution is -1.97. The van der Waals surface area contributed by atoms with E-state index >= 15 is 0 Å². The quantitative estimate of drug-likeness (QED) is 0.924. The SMILES string of the molecule is Nc1ncc(Br)c(Oc2cccc(Cl)c2)n1. The molecule has 1 aromatic heterocycles. The summed E-state index contributed by atoms with van der Waals surface area (Å²) in [5.41, 5.74) is 5.46. The molecule has 0 amide bonds. The molecular weight excluding hydrogens is 293 g/mol. The molecule has 6 heteroatoms. The summed E-state index contributed by atoms with van der Waals surface area (Å²) >= 11 is 9.10. The maximum Gasteiger partial charge on any atom is 0.238 e. The predicted octanol–water partition coefficient (Wildman–Crippen LogP) is 3.27. The molecule has 82 valence electrons. The summed E-state index contributed by atoms with van der Waals surface area (Å²) < 4.78 is 6.13. The number of nitrogens with zero attached hydrogens (tertiary/aromatic N) is 2. The number of halogens is 2. The largest absolute Gasteiger partial charge is 0.438 e. The van der Waals surface area contributed by atoms with Gasteiger partial charge in [0.15, 0.2) is 0 Å². The number of rotatable bonds is 2. The smallest absolute Gasteiger partial charge is 0.238 e. The number of hydrogen-bond donors (Lipinski definition) is 1. The van der Waals surface area contributed by atoms with Crippen molar-refractivity contribution in [2.24, 2.45) is 0 Å². The van der Waals surface area contributed by atoms with Gasteiger partial charge >= 0.3 is 0 Å². The van der Waals surface area contributed by atoms with Crippen molar-refractivity contribution in [2.75, 3.05) is 5.73 Å². The lowest BCUT2D eigenvalue weighted by atomic mass is 10.3. The van der Waals surface area contributed by atoms with E-state index in [4.69, 9.17) is 22.1 Å². The van der Waals surface area contributed by atoms with Gasteiger partial charge in [0.25, 0.3) is 0 Å². The Hall–Kier alpha value is -1.33. The number of nitrogen functional groups attached to an aromatic ring is 1. The van der Waals surface area contributed by atoms with E-state index in [9.17, 15) is 0 Å². The Balaban J connectivity index is 2.30. The highest BCUT2D eigenvalue weighted by Crippen LogP contribution is 2.28. The van der Waals surface area contributed by atoms with Crippen LogP contribution in [0.2, 0.25) is 5.02 Å². The summed E-state index contributed by atoms with van der Waals surface area (Å²) in [4.78, 5) is 7.76. The fourth-order valence-corrected chi connectivity index (χ4v) is 1.53. The number of benzene rings is 1. The normalized spacial score (nSPS) is 10.1. The molecule has 16 heavy (non-hydrogen) atoms.